The summed E-state index contributed by atoms with van der Waals surface area (Å²) in [6, 6.07) is 15.3. The van der Waals surface area contributed by atoms with Gasteiger partial charge in [0, 0.05) is 11.8 Å². The number of nitrogens with one attached hydrogen (secondary N) is 1. The molecule has 0 aliphatic heterocycles. The first-order valence-corrected chi connectivity index (χ1v) is 9.02. The number of methoxy groups -OCH3 is 1. The van der Waals surface area contributed by atoms with Gasteiger partial charge in [0.2, 0.25) is 0 Å². The highest BCUT2D eigenvalue weighted by Crippen LogP contribution is 2.35. The molecule has 3 aromatic heterocycles. The monoisotopic (exact) mass is 363 g/mol. The highest BCUT2D eigenvalue weighted by molar-refractivity contribution is 7.12. The molecule has 4 aromatic rings. The number of para-hydroxylation sites is 1. The number of amides is 1. The van der Waals surface area contributed by atoms with E-state index < -0.39 is 0 Å². The Kier molecular flexibility index (Phi) is 4.18. The molecular weight excluding hydrogens is 346 g/mol. The molecule has 0 aliphatic carbocycles. The topological polar surface area (TPSA) is 55.6 Å². The van der Waals surface area contributed by atoms with Gasteiger partial charge in [0.05, 0.1) is 12.0 Å². The van der Waals surface area contributed by atoms with Crippen molar-refractivity contribution >= 4 is 28.7 Å². The maximum Gasteiger partial charge on any atom is 0.266 e. The Morgan fingerprint density at radius 3 is 2.77 bits per heavy atom. The van der Waals surface area contributed by atoms with Crippen LogP contribution in [0.3, 0.4) is 0 Å². The molecule has 6 heteroatoms. The minimum atomic E-state index is -0.153. The van der Waals surface area contributed by atoms with Gasteiger partial charge in [0.1, 0.15) is 22.9 Å². The van der Waals surface area contributed by atoms with Crippen molar-refractivity contribution in [3.05, 3.63) is 70.5 Å². The van der Waals surface area contributed by atoms with Crippen LogP contribution >= 0.6 is 11.3 Å². The SMILES string of the molecule is COc1ccccc1-c1nc2ccc(C)cn2c1NC(=O)c1cccs1. The number of pyridine rings is 1. The Balaban J connectivity index is 1.91. The van der Waals surface area contributed by atoms with E-state index in [2.05, 4.69) is 5.32 Å². The number of ether oxygens (including phenoxy) is 1. The van der Waals surface area contributed by atoms with Crippen LogP contribution in [0.2, 0.25) is 0 Å². The fraction of sp³-hybridized carbons (Fsp3) is 0.100. The quantitative estimate of drug-likeness (QED) is 0.575. The molecular formula is C20H17N3O2S. The summed E-state index contributed by atoms with van der Waals surface area (Å²) in [5.41, 5.74) is 3.35. The van der Waals surface area contributed by atoms with E-state index in [9.17, 15) is 4.79 Å². The van der Waals surface area contributed by atoms with Gasteiger partial charge in [0.15, 0.2) is 0 Å². The molecule has 1 N–H and O–H groups in total. The Bertz CT molecular complexity index is 1080. The second-order valence-corrected chi connectivity index (χ2v) is 6.82. The molecule has 5 nitrogen and oxygen atoms in total. The number of hydrogen-bond donors (Lipinski definition) is 1. The van der Waals surface area contributed by atoms with Crippen molar-refractivity contribution < 1.29 is 9.53 Å². The number of carbonyl (C=O) groups excluding carboxylic acids is 1. The zero-order chi connectivity index (χ0) is 18.1. The Labute approximate surface area is 154 Å². The number of hydrogen-bond acceptors (Lipinski definition) is 4. The van der Waals surface area contributed by atoms with Crippen molar-refractivity contribution in [3.8, 4) is 17.0 Å². The number of carbonyl (C=O) groups is 1. The van der Waals surface area contributed by atoms with Crippen LogP contribution in [0.15, 0.2) is 60.1 Å². The molecule has 130 valence electrons. The molecule has 26 heavy (non-hydrogen) atoms. The lowest BCUT2D eigenvalue weighted by Gasteiger charge is -2.10. The van der Waals surface area contributed by atoms with Crippen LogP contribution in [0, 0.1) is 6.92 Å². The van der Waals surface area contributed by atoms with E-state index in [1.54, 1.807) is 13.2 Å². The molecule has 0 spiro atoms. The number of rotatable bonds is 4. The molecule has 1 aromatic carbocycles. The summed E-state index contributed by atoms with van der Waals surface area (Å²) < 4.78 is 7.40. The average Bonchev–Trinajstić information content (AvgIpc) is 3.30. The lowest BCUT2D eigenvalue weighted by Crippen LogP contribution is -2.12. The lowest BCUT2D eigenvalue weighted by atomic mass is 10.1. The summed E-state index contributed by atoms with van der Waals surface area (Å²) >= 11 is 1.40. The summed E-state index contributed by atoms with van der Waals surface area (Å²) in [7, 11) is 1.63. The van der Waals surface area contributed by atoms with E-state index in [-0.39, 0.29) is 5.91 Å². The van der Waals surface area contributed by atoms with Crippen LogP contribution in [-0.4, -0.2) is 22.4 Å². The average molecular weight is 363 g/mol. The predicted octanol–water partition coefficient (Wildman–Crippen LogP) is 4.63. The minimum Gasteiger partial charge on any atom is -0.496 e. The van der Waals surface area contributed by atoms with Crippen LogP contribution in [0.4, 0.5) is 5.82 Å². The van der Waals surface area contributed by atoms with Gasteiger partial charge in [-0.15, -0.1) is 11.3 Å². The maximum absolute atomic E-state index is 12.7. The number of imidazole rings is 1. The summed E-state index contributed by atoms with van der Waals surface area (Å²) in [4.78, 5) is 18.1. The summed E-state index contributed by atoms with van der Waals surface area (Å²) in [5.74, 6) is 1.19. The smallest absolute Gasteiger partial charge is 0.266 e. The first-order chi connectivity index (χ1) is 12.7. The first-order valence-electron chi connectivity index (χ1n) is 8.14. The third-order valence-electron chi connectivity index (χ3n) is 4.11. The summed E-state index contributed by atoms with van der Waals surface area (Å²) in [6.45, 7) is 2.01. The highest BCUT2D eigenvalue weighted by Gasteiger charge is 2.20. The zero-order valence-corrected chi connectivity index (χ0v) is 15.2. The molecule has 0 radical (unpaired) electrons. The molecule has 1 amide bonds. The van der Waals surface area contributed by atoms with E-state index >= 15 is 0 Å². The zero-order valence-electron chi connectivity index (χ0n) is 14.4. The molecule has 0 fully saturated rings. The molecule has 0 bridgehead atoms. The van der Waals surface area contributed by atoms with Crippen molar-refractivity contribution in [2.45, 2.75) is 6.92 Å². The van der Waals surface area contributed by atoms with Crippen molar-refractivity contribution in [2.24, 2.45) is 0 Å². The number of thiophene rings is 1. The number of aromatic nitrogens is 2. The van der Waals surface area contributed by atoms with Crippen LogP contribution in [0.25, 0.3) is 16.9 Å². The van der Waals surface area contributed by atoms with Crippen molar-refractivity contribution in [1.29, 1.82) is 0 Å². The minimum absolute atomic E-state index is 0.153. The summed E-state index contributed by atoms with van der Waals surface area (Å²) in [5, 5.41) is 4.91. The van der Waals surface area contributed by atoms with E-state index in [1.807, 2.05) is 65.4 Å². The summed E-state index contributed by atoms with van der Waals surface area (Å²) in [6.07, 6.45) is 1.96. The molecule has 0 atom stereocenters. The van der Waals surface area contributed by atoms with Crippen LogP contribution < -0.4 is 10.1 Å². The van der Waals surface area contributed by atoms with Crippen LogP contribution in [0.5, 0.6) is 5.75 Å². The van der Waals surface area contributed by atoms with E-state index in [0.717, 1.165) is 16.8 Å². The van der Waals surface area contributed by atoms with Crippen LogP contribution in [0.1, 0.15) is 15.2 Å². The number of aryl methyl sites for hydroxylation is 1. The Morgan fingerprint density at radius 1 is 1.15 bits per heavy atom. The molecule has 0 aliphatic rings. The Hall–Kier alpha value is -3.12. The van der Waals surface area contributed by atoms with Gasteiger partial charge in [-0.3, -0.25) is 9.20 Å². The van der Waals surface area contributed by atoms with Gasteiger partial charge in [-0.25, -0.2) is 4.98 Å². The number of anilines is 1. The van der Waals surface area contributed by atoms with Crippen molar-refractivity contribution in [2.75, 3.05) is 12.4 Å². The first kappa shape index (κ1) is 16.4. The maximum atomic E-state index is 12.7. The number of nitrogens with zero attached hydrogens (tertiary/aromatic N) is 2. The molecule has 0 saturated heterocycles. The van der Waals surface area contributed by atoms with Crippen molar-refractivity contribution in [3.63, 3.8) is 0 Å². The Morgan fingerprint density at radius 2 is 2.00 bits per heavy atom. The number of benzene rings is 1. The van der Waals surface area contributed by atoms with E-state index in [4.69, 9.17) is 9.72 Å². The fourth-order valence-corrected chi connectivity index (χ4v) is 3.49. The molecule has 3 heterocycles. The second kappa shape index (κ2) is 6.65. The third-order valence-corrected chi connectivity index (χ3v) is 4.97. The largest absolute Gasteiger partial charge is 0.496 e. The van der Waals surface area contributed by atoms with Gasteiger partial charge in [-0.05, 0) is 42.1 Å². The van der Waals surface area contributed by atoms with Gasteiger partial charge < -0.3 is 10.1 Å². The van der Waals surface area contributed by atoms with Crippen molar-refractivity contribution in [1.82, 2.24) is 9.38 Å². The number of fused-ring (bicyclic) bond motifs is 1. The molecule has 4 rings (SSSR count). The van der Waals surface area contributed by atoms with Gasteiger partial charge in [-0.1, -0.05) is 24.3 Å². The van der Waals surface area contributed by atoms with Gasteiger partial charge in [0.25, 0.3) is 5.91 Å². The van der Waals surface area contributed by atoms with E-state index in [0.29, 0.717) is 22.1 Å². The fourth-order valence-electron chi connectivity index (χ4n) is 2.88. The van der Waals surface area contributed by atoms with E-state index in [1.165, 1.54) is 11.3 Å². The lowest BCUT2D eigenvalue weighted by molar-refractivity contribution is 0.103. The van der Waals surface area contributed by atoms with Gasteiger partial charge in [-0.2, -0.15) is 0 Å². The second-order valence-electron chi connectivity index (χ2n) is 5.88. The standard InChI is InChI=1S/C20H17N3O2S/c1-13-9-10-17-21-18(14-6-3-4-7-15(14)25-2)19(23(17)12-13)22-20(24)16-8-5-11-26-16/h3-12H,1-2H3,(H,22,24). The van der Waals surface area contributed by atoms with Crippen LogP contribution in [-0.2, 0) is 0 Å². The molecule has 0 saturated carbocycles. The molecule has 0 unspecified atom stereocenters. The highest BCUT2D eigenvalue weighted by atomic mass is 32.1. The predicted molar refractivity (Wildman–Crippen MR) is 104 cm³/mol. The van der Waals surface area contributed by atoms with Gasteiger partial charge >= 0.3 is 0 Å². The third kappa shape index (κ3) is 2.84. The normalized spacial score (nSPS) is 10.8.